The van der Waals surface area contributed by atoms with Gasteiger partial charge >= 0.3 is 0 Å². The van der Waals surface area contributed by atoms with E-state index in [0.717, 1.165) is 32.1 Å². The van der Waals surface area contributed by atoms with Crippen LogP contribution in [0.15, 0.2) is 29.5 Å². The van der Waals surface area contributed by atoms with Crippen LogP contribution in [0, 0.1) is 0 Å². The first-order valence-electron chi connectivity index (χ1n) is 8.69. The summed E-state index contributed by atoms with van der Waals surface area (Å²) in [7, 11) is 0. The van der Waals surface area contributed by atoms with Crippen LogP contribution in [0.4, 0.5) is 11.9 Å². The zero-order valence-corrected chi connectivity index (χ0v) is 15.2. The number of aromatic amines is 1. The molecule has 0 unspecified atom stereocenters. The molecule has 1 saturated heterocycles. The van der Waals surface area contributed by atoms with E-state index in [1.807, 2.05) is 26.8 Å². The van der Waals surface area contributed by atoms with Gasteiger partial charge in [0.05, 0.1) is 11.7 Å². The van der Waals surface area contributed by atoms with Crippen molar-refractivity contribution in [3.05, 3.63) is 35.0 Å². The van der Waals surface area contributed by atoms with Crippen LogP contribution in [0.5, 0.6) is 0 Å². The van der Waals surface area contributed by atoms with Crippen molar-refractivity contribution in [2.75, 3.05) is 36.0 Å². The molecule has 0 spiro atoms. The van der Waals surface area contributed by atoms with E-state index in [1.165, 1.54) is 0 Å². The average molecular weight is 354 g/mol. The molecule has 0 aliphatic carbocycles. The Kier molecular flexibility index (Phi) is 3.86. The molecule has 9 nitrogen and oxygen atoms in total. The fourth-order valence-corrected chi connectivity index (χ4v) is 3.12. The van der Waals surface area contributed by atoms with Gasteiger partial charge in [-0.25, -0.2) is 14.6 Å². The highest BCUT2D eigenvalue weighted by Gasteiger charge is 2.24. The molecule has 4 heterocycles. The van der Waals surface area contributed by atoms with Crippen LogP contribution in [0.2, 0.25) is 0 Å². The molecular formula is C17H22N8O. The van der Waals surface area contributed by atoms with E-state index in [4.69, 9.17) is 4.98 Å². The average Bonchev–Trinajstić information content (AvgIpc) is 3.08. The molecule has 0 saturated carbocycles. The molecule has 1 aliphatic heterocycles. The summed E-state index contributed by atoms with van der Waals surface area (Å²) < 4.78 is 1.80. The molecule has 0 bridgehead atoms. The molecule has 9 heteroatoms. The molecule has 0 radical (unpaired) electrons. The second-order valence-corrected chi connectivity index (χ2v) is 7.38. The molecule has 0 amide bonds. The lowest BCUT2D eigenvalue weighted by atomic mass is 10.1. The summed E-state index contributed by atoms with van der Waals surface area (Å²) in [6, 6.07) is 1.81. The monoisotopic (exact) mass is 354 g/mol. The topological polar surface area (TPSA) is 95.8 Å². The number of fused-ring (bicyclic) bond motifs is 1. The highest BCUT2D eigenvalue weighted by Crippen LogP contribution is 2.20. The molecule has 1 aliphatic rings. The Bertz CT molecular complexity index is 964. The summed E-state index contributed by atoms with van der Waals surface area (Å²) >= 11 is 0. The van der Waals surface area contributed by atoms with Crippen LogP contribution in [0.3, 0.4) is 0 Å². The first kappa shape index (κ1) is 16.5. The standard InChI is InChI=1S/C17H22N8O/c1-17(2,3)25-13-12(11-20-25)14(26)22-16(21-13)24-9-7-23(8-10-24)15-18-5-4-6-19-15/h4-6,11H,7-10H2,1-3H3,(H,21,22,26). The maximum Gasteiger partial charge on any atom is 0.263 e. The first-order chi connectivity index (χ1) is 12.4. The molecule has 4 rings (SSSR count). The van der Waals surface area contributed by atoms with Crippen LogP contribution in [-0.2, 0) is 5.54 Å². The number of aromatic nitrogens is 6. The van der Waals surface area contributed by atoms with Gasteiger partial charge in [0, 0.05) is 38.6 Å². The van der Waals surface area contributed by atoms with Crippen LogP contribution >= 0.6 is 0 Å². The lowest BCUT2D eigenvalue weighted by Crippen LogP contribution is -2.48. The van der Waals surface area contributed by atoms with Gasteiger partial charge in [0.15, 0.2) is 5.65 Å². The summed E-state index contributed by atoms with van der Waals surface area (Å²) in [5.74, 6) is 1.32. The summed E-state index contributed by atoms with van der Waals surface area (Å²) in [4.78, 5) is 32.9. The SMILES string of the molecule is CC(C)(C)n1ncc2c(=O)[nH]c(N3CCN(c4ncccn4)CC3)nc21. The van der Waals surface area contributed by atoms with E-state index in [0.29, 0.717) is 17.0 Å². The molecule has 1 N–H and O–H groups in total. The largest absolute Gasteiger partial charge is 0.339 e. The van der Waals surface area contributed by atoms with Gasteiger partial charge in [-0.15, -0.1) is 0 Å². The van der Waals surface area contributed by atoms with Crippen molar-refractivity contribution in [1.29, 1.82) is 0 Å². The zero-order valence-electron chi connectivity index (χ0n) is 15.2. The zero-order chi connectivity index (χ0) is 18.3. The molecule has 0 aromatic carbocycles. The Hall–Kier alpha value is -2.97. The number of nitrogens with one attached hydrogen (secondary N) is 1. The lowest BCUT2D eigenvalue weighted by molar-refractivity contribution is 0.366. The summed E-state index contributed by atoms with van der Waals surface area (Å²) in [6.07, 6.45) is 5.07. The van der Waals surface area contributed by atoms with Gasteiger partial charge in [0.2, 0.25) is 11.9 Å². The predicted octanol–water partition coefficient (Wildman–Crippen LogP) is 0.991. The van der Waals surface area contributed by atoms with Gasteiger partial charge in [-0.2, -0.15) is 10.1 Å². The van der Waals surface area contributed by atoms with Gasteiger partial charge in [-0.3, -0.25) is 9.78 Å². The summed E-state index contributed by atoms with van der Waals surface area (Å²) in [5.41, 5.74) is 0.211. The van der Waals surface area contributed by atoms with Crippen molar-refractivity contribution >= 4 is 22.9 Å². The predicted molar refractivity (Wildman–Crippen MR) is 99.6 cm³/mol. The molecule has 0 atom stereocenters. The van der Waals surface area contributed by atoms with Gasteiger partial charge < -0.3 is 9.80 Å². The molecule has 136 valence electrons. The number of H-pyrrole nitrogens is 1. The Labute approximate surface area is 150 Å². The Morgan fingerprint density at radius 2 is 1.69 bits per heavy atom. The van der Waals surface area contributed by atoms with Gasteiger partial charge in [0.1, 0.15) is 5.39 Å². The van der Waals surface area contributed by atoms with Gasteiger partial charge in [0.25, 0.3) is 5.56 Å². The van der Waals surface area contributed by atoms with Gasteiger partial charge in [-0.1, -0.05) is 0 Å². The number of hydrogen-bond acceptors (Lipinski definition) is 7. The van der Waals surface area contributed by atoms with Crippen molar-refractivity contribution in [1.82, 2.24) is 29.7 Å². The van der Waals surface area contributed by atoms with E-state index in [-0.39, 0.29) is 11.1 Å². The third-order valence-corrected chi connectivity index (χ3v) is 4.48. The van der Waals surface area contributed by atoms with Crippen molar-refractivity contribution < 1.29 is 0 Å². The first-order valence-corrected chi connectivity index (χ1v) is 8.69. The molecular weight excluding hydrogens is 332 g/mol. The summed E-state index contributed by atoms with van der Waals surface area (Å²) in [6.45, 7) is 9.13. The maximum absolute atomic E-state index is 12.5. The molecule has 26 heavy (non-hydrogen) atoms. The van der Waals surface area contributed by atoms with Gasteiger partial charge in [-0.05, 0) is 26.8 Å². The van der Waals surface area contributed by atoms with Crippen LogP contribution in [0.1, 0.15) is 20.8 Å². The third-order valence-electron chi connectivity index (χ3n) is 4.48. The Balaban J connectivity index is 1.61. The van der Waals surface area contributed by atoms with Crippen LogP contribution in [-0.4, -0.2) is 55.9 Å². The maximum atomic E-state index is 12.5. The van der Waals surface area contributed by atoms with E-state index in [9.17, 15) is 4.79 Å². The van der Waals surface area contributed by atoms with E-state index in [1.54, 1.807) is 23.3 Å². The number of rotatable bonds is 2. The molecule has 1 fully saturated rings. The molecule has 3 aromatic rings. The normalized spacial score (nSPS) is 15.7. The molecule has 3 aromatic heterocycles. The van der Waals surface area contributed by atoms with Crippen LogP contribution in [0.25, 0.3) is 11.0 Å². The van der Waals surface area contributed by atoms with Crippen molar-refractivity contribution in [2.24, 2.45) is 0 Å². The quantitative estimate of drug-likeness (QED) is 0.733. The van der Waals surface area contributed by atoms with E-state index < -0.39 is 0 Å². The number of hydrogen-bond donors (Lipinski definition) is 1. The highest BCUT2D eigenvalue weighted by molar-refractivity contribution is 5.74. The minimum atomic E-state index is -0.247. The second kappa shape index (κ2) is 6.08. The van der Waals surface area contributed by atoms with Crippen LogP contribution < -0.4 is 15.4 Å². The minimum Gasteiger partial charge on any atom is -0.339 e. The van der Waals surface area contributed by atoms with E-state index >= 15 is 0 Å². The smallest absolute Gasteiger partial charge is 0.263 e. The fourth-order valence-electron chi connectivity index (χ4n) is 3.12. The second-order valence-electron chi connectivity index (χ2n) is 7.38. The van der Waals surface area contributed by atoms with E-state index in [2.05, 4.69) is 29.9 Å². The lowest BCUT2D eigenvalue weighted by Gasteiger charge is -2.34. The van der Waals surface area contributed by atoms with Crippen molar-refractivity contribution in [3.8, 4) is 0 Å². The van der Waals surface area contributed by atoms with Crippen molar-refractivity contribution in [2.45, 2.75) is 26.3 Å². The number of anilines is 2. The fraction of sp³-hybridized carbons (Fsp3) is 0.471. The Morgan fingerprint density at radius 3 is 2.35 bits per heavy atom. The third kappa shape index (κ3) is 2.89. The number of nitrogens with zero attached hydrogens (tertiary/aromatic N) is 7. The van der Waals surface area contributed by atoms with Crippen molar-refractivity contribution in [3.63, 3.8) is 0 Å². The summed E-state index contributed by atoms with van der Waals surface area (Å²) in [5, 5.41) is 4.87. The Morgan fingerprint density at radius 1 is 1.04 bits per heavy atom. The highest BCUT2D eigenvalue weighted by atomic mass is 16.1. The minimum absolute atomic E-state index is 0.158. The number of piperazine rings is 1.